The van der Waals surface area contributed by atoms with Gasteiger partial charge in [-0.15, -0.1) is 0 Å². The van der Waals surface area contributed by atoms with Gasteiger partial charge in [0.15, 0.2) is 0 Å². The van der Waals surface area contributed by atoms with Crippen LogP contribution in [0, 0.1) is 0 Å². The molecule has 0 atom stereocenters. The Bertz CT molecular complexity index is 359. The van der Waals surface area contributed by atoms with Crippen molar-refractivity contribution in [2.75, 3.05) is 7.11 Å². The topological polar surface area (TPSA) is 41.5 Å². The van der Waals surface area contributed by atoms with Crippen LogP contribution in [-0.4, -0.2) is 18.3 Å². The Kier molecular flexibility index (Phi) is 4.26. The van der Waals surface area contributed by atoms with Crippen molar-refractivity contribution in [3.05, 3.63) is 23.8 Å². The molecule has 1 aliphatic carbocycles. The van der Waals surface area contributed by atoms with Crippen molar-refractivity contribution in [1.29, 1.82) is 0 Å². The third-order valence-corrected chi connectivity index (χ3v) is 3.48. The molecule has 94 valence electrons. The van der Waals surface area contributed by atoms with Crippen LogP contribution >= 0.6 is 0 Å². The minimum absolute atomic E-state index is 0.313. The fourth-order valence-corrected chi connectivity index (χ4v) is 2.38. The molecule has 0 aromatic heterocycles. The number of ether oxygens (including phenoxy) is 1. The lowest BCUT2D eigenvalue weighted by Gasteiger charge is -2.23. The van der Waals surface area contributed by atoms with Crippen molar-refractivity contribution in [2.45, 2.75) is 44.7 Å². The zero-order valence-corrected chi connectivity index (χ0v) is 10.4. The van der Waals surface area contributed by atoms with Crippen LogP contribution in [0.2, 0.25) is 0 Å². The maximum absolute atomic E-state index is 9.83. The first-order valence-electron chi connectivity index (χ1n) is 6.39. The van der Waals surface area contributed by atoms with E-state index in [-0.39, 0.29) is 0 Å². The van der Waals surface area contributed by atoms with E-state index in [0.29, 0.717) is 17.5 Å². The quantitative estimate of drug-likeness (QED) is 0.843. The van der Waals surface area contributed by atoms with Crippen LogP contribution < -0.4 is 10.1 Å². The maximum atomic E-state index is 9.83. The van der Waals surface area contributed by atoms with Gasteiger partial charge in [0.05, 0.1) is 7.11 Å². The summed E-state index contributed by atoms with van der Waals surface area (Å²) in [5.74, 6) is 1.01. The lowest BCUT2D eigenvalue weighted by Crippen LogP contribution is -2.30. The predicted octanol–water partition coefficient (Wildman–Crippen LogP) is 2.82. The van der Waals surface area contributed by atoms with Gasteiger partial charge in [0, 0.05) is 24.2 Å². The highest BCUT2D eigenvalue weighted by atomic mass is 16.5. The molecule has 0 unspecified atom stereocenters. The van der Waals surface area contributed by atoms with Gasteiger partial charge in [-0.1, -0.05) is 25.3 Å². The average Bonchev–Trinajstić information content (AvgIpc) is 2.38. The smallest absolute Gasteiger partial charge is 0.123 e. The average molecular weight is 235 g/mol. The van der Waals surface area contributed by atoms with E-state index < -0.39 is 0 Å². The lowest BCUT2D eigenvalue weighted by molar-refractivity contribution is 0.368. The molecule has 0 heterocycles. The van der Waals surface area contributed by atoms with Crippen LogP contribution in [0.5, 0.6) is 11.5 Å². The highest BCUT2D eigenvalue weighted by molar-refractivity contribution is 5.39. The summed E-state index contributed by atoms with van der Waals surface area (Å²) in [7, 11) is 1.61. The Morgan fingerprint density at radius 3 is 2.71 bits per heavy atom. The molecule has 3 nitrogen and oxygen atoms in total. The Morgan fingerprint density at radius 1 is 1.29 bits per heavy atom. The lowest BCUT2D eigenvalue weighted by atomic mass is 9.95. The van der Waals surface area contributed by atoms with Crippen molar-refractivity contribution >= 4 is 0 Å². The van der Waals surface area contributed by atoms with Gasteiger partial charge >= 0.3 is 0 Å². The molecule has 2 rings (SSSR count). The minimum Gasteiger partial charge on any atom is -0.507 e. The highest BCUT2D eigenvalue weighted by Crippen LogP contribution is 2.24. The number of rotatable bonds is 4. The van der Waals surface area contributed by atoms with Crippen LogP contribution in [0.3, 0.4) is 0 Å². The van der Waals surface area contributed by atoms with Gasteiger partial charge in [-0.2, -0.15) is 0 Å². The molecular formula is C14H21NO2. The molecule has 0 spiro atoms. The molecule has 0 aliphatic heterocycles. The van der Waals surface area contributed by atoms with Crippen molar-refractivity contribution in [3.63, 3.8) is 0 Å². The SMILES string of the molecule is COc1ccc(CNC2CCCCC2)c(O)c1. The molecule has 1 fully saturated rings. The molecule has 1 aromatic carbocycles. The number of hydrogen-bond acceptors (Lipinski definition) is 3. The van der Waals surface area contributed by atoms with Crippen molar-refractivity contribution in [1.82, 2.24) is 5.32 Å². The van der Waals surface area contributed by atoms with E-state index in [1.165, 1.54) is 32.1 Å². The number of nitrogens with one attached hydrogen (secondary N) is 1. The van der Waals surface area contributed by atoms with Crippen molar-refractivity contribution < 1.29 is 9.84 Å². The molecule has 2 N–H and O–H groups in total. The fourth-order valence-electron chi connectivity index (χ4n) is 2.38. The molecule has 1 aromatic rings. The maximum Gasteiger partial charge on any atom is 0.123 e. The van der Waals surface area contributed by atoms with E-state index in [1.807, 2.05) is 12.1 Å². The number of benzene rings is 1. The van der Waals surface area contributed by atoms with Crippen LogP contribution in [0.1, 0.15) is 37.7 Å². The summed E-state index contributed by atoms with van der Waals surface area (Å²) in [6.45, 7) is 0.737. The van der Waals surface area contributed by atoms with Gasteiger partial charge in [0.25, 0.3) is 0 Å². The summed E-state index contributed by atoms with van der Waals surface area (Å²) in [6.07, 6.45) is 6.54. The number of methoxy groups -OCH3 is 1. The van der Waals surface area contributed by atoms with Gasteiger partial charge < -0.3 is 15.2 Å². The van der Waals surface area contributed by atoms with E-state index in [1.54, 1.807) is 13.2 Å². The molecule has 17 heavy (non-hydrogen) atoms. The third kappa shape index (κ3) is 3.37. The van der Waals surface area contributed by atoms with Crippen LogP contribution in [-0.2, 0) is 6.54 Å². The standard InChI is InChI=1S/C14H21NO2/c1-17-13-8-7-11(14(16)9-13)10-15-12-5-3-2-4-6-12/h7-9,12,15-16H,2-6,10H2,1H3. The summed E-state index contributed by atoms with van der Waals surface area (Å²) in [6, 6.07) is 6.09. The Morgan fingerprint density at radius 2 is 2.06 bits per heavy atom. The molecule has 0 radical (unpaired) electrons. The Labute approximate surface area is 103 Å². The van der Waals surface area contributed by atoms with E-state index in [2.05, 4.69) is 5.32 Å². The summed E-state index contributed by atoms with van der Waals surface area (Å²) >= 11 is 0. The van der Waals surface area contributed by atoms with Gasteiger partial charge in [-0.3, -0.25) is 0 Å². The fraction of sp³-hybridized carbons (Fsp3) is 0.571. The third-order valence-electron chi connectivity index (χ3n) is 3.48. The summed E-state index contributed by atoms with van der Waals surface area (Å²) in [4.78, 5) is 0. The highest BCUT2D eigenvalue weighted by Gasteiger charge is 2.13. The molecule has 0 bridgehead atoms. The van der Waals surface area contributed by atoms with E-state index in [0.717, 1.165) is 12.1 Å². The molecule has 0 saturated heterocycles. The van der Waals surface area contributed by atoms with Gasteiger partial charge in [0.2, 0.25) is 0 Å². The normalized spacial score (nSPS) is 17.0. The second-order valence-corrected chi connectivity index (χ2v) is 4.71. The van der Waals surface area contributed by atoms with Gasteiger partial charge in [-0.05, 0) is 18.9 Å². The molecule has 1 aliphatic rings. The first-order chi connectivity index (χ1) is 8.29. The second kappa shape index (κ2) is 5.92. The summed E-state index contributed by atoms with van der Waals surface area (Å²) < 4.78 is 5.06. The van der Waals surface area contributed by atoms with Crippen LogP contribution in [0.25, 0.3) is 0 Å². The number of phenols is 1. The van der Waals surface area contributed by atoms with Gasteiger partial charge in [-0.25, -0.2) is 0 Å². The summed E-state index contributed by atoms with van der Waals surface area (Å²) in [5.41, 5.74) is 0.941. The van der Waals surface area contributed by atoms with E-state index in [9.17, 15) is 5.11 Å². The monoisotopic (exact) mass is 235 g/mol. The zero-order chi connectivity index (χ0) is 12.1. The minimum atomic E-state index is 0.313. The molecule has 0 amide bonds. The first kappa shape index (κ1) is 12.2. The second-order valence-electron chi connectivity index (χ2n) is 4.71. The molecule has 3 heteroatoms. The van der Waals surface area contributed by atoms with Crippen LogP contribution in [0.15, 0.2) is 18.2 Å². The number of hydrogen-bond donors (Lipinski definition) is 2. The van der Waals surface area contributed by atoms with Crippen molar-refractivity contribution in [3.8, 4) is 11.5 Å². The van der Waals surface area contributed by atoms with E-state index in [4.69, 9.17) is 4.74 Å². The summed E-state index contributed by atoms with van der Waals surface area (Å²) in [5, 5.41) is 13.3. The number of aromatic hydroxyl groups is 1. The first-order valence-corrected chi connectivity index (χ1v) is 6.39. The van der Waals surface area contributed by atoms with Crippen LogP contribution in [0.4, 0.5) is 0 Å². The molecular weight excluding hydrogens is 214 g/mol. The predicted molar refractivity (Wildman–Crippen MR) is 68.4 cm³/mol. The Balaban J connectivity index is 1.89. The van der Waals surface area contributed by atoms with Crippen molar-refractivity contribution in [2.24, 2.45) is 0 Å². The van der Waals surface area contributed by atoms with E-state index >= 15 is 0 Å². The Hall–Kier alpha value is -1.22. The number of phenolic OH excluding ortho intramolecular Hbond substituents is 1. The zero-order valence-electron chi connectivity index (χ0n) is 10.4. The molecule has 1 saturated carbocycles. The largest absolute Gasteiger partial charge is 0.507 e. The van der Waals surface area contributed by atoms with Gasteiger partial charge in [0.1, 0.15) is 11.5 Å².